The zero-order chi connectivity index (χ0) is 15.8. The molecule has 1 unspecified atom stereocenters. The summed E-state index contributed by atoms with van der Waals surface area (Å²) in [6.45, 7) is 6.28. The van der Waals surface area contributed by atoms with Crippen LogP contribution in [0.3, 0.4) is 0 Å². The first-order chi connectivity index (χ1) is 9.93. The molecule has 0 radical (unpaired) electrons. The zero-order valence-corrected chi connectivity index (χ0v) is 14.2. The van der Waals surface area contributed by atoms with E-state index in [4.69, 9.17) is 32.7 Å². The van der Waals surface area contributed by atoms with Crippen LogP contribution >= 0.6 is 23.2 Å². The van der Waals surface area contributed by atoms with Crippen LogP contribution < -0.4 is 4.74 Å². The molecule has 0 bridgehead atoms. The van der Waals surface area contributed by atoms with E-state index in [9.17, 15) is 4.79 Å². The highest BCUT2D eigenvalue weighted by molar-refractivity contribution is 6.35. The molecule has 0 amide bonds. The molecule has 1 aromatic rings. The molecule has 3 nitrogen and oxygen atoms in total. The summed E-state index contributed by atoms with van der Waals surface area (Å²) in [5, 5.41) is 0.894. The van der Waals surface area contributed by atoms with Crippen LogP contribution in [0.1, 0.15) is 40.0 Å². The van der Waals surface area contributed by atoms with Crippen molar-refractivity contribution in [1.29, 1.82) is 0 Å². The van der Waals surface area contributed by atoms with Gasteiger partial charge in [0.1, 0.15) is 5.75 Å². The minimum Gasteiger partial charge on any atom is -0.477 e. The Kier molecular flexibility index (Phi) is 7.91. The molecular formula is C16H22Cl2O3. The second-order valence-electron chi connectivity index (χ2n) is 5.21. The molecule has 0 aliphatic carbocycles. The van der Waals surface area contributed by atoms with Crippen LogP contribution in [0.4, 0.5) is 0 Å². The smallest absolute Gasteiger partial charge is 0.347 e. The highest BCUT2D eigenvalue weighted by Crippen LogP contribution is 2.28. The van der Waals surface area contributed by atoms with Crippen molar-refractivity contribution in [3.63, 3.8) is 0 Å². The lowest BCUT2D eigenvalue weighted by atomic mass is 10.1. The van der Waals surface area contributed by atoms with Gasteiger partial charge in [-0.3, -0.25) is 0 Å². The third-order valence-electron chi connectivity index (χ3n) is 3.09. The number of esters is 1. The molecule has 1 rings (SSSR count). The number of benzene rings is 1. The van der Waals surface area contributed by atoms with E-state index in [0.29, 0.717) is 28.3 Å². The molecule has 0 aliphatic heterocycles. The summed E-state index contributed by atoms with van der Waals surface area (Å²) in [6.07, 6.45) is 2.64. The lowest BCUT2D eigenvalue weighted by Crippen LogP contribution is -2.27. The molecule has 118 valence electrons. The van der Waals surface area contributed by atoms with Crippen LogP contribution in [-0.2, 0) is 9.53 Å². The number of halogens is 2. The average Bonchev–Trinajstić information content (AvgIpc) is 2.45. The van der Waals surface area contributed by atoms with Gasteiger partial charge in [0.05, 0.1) is 11.6 Å². The van der Waals surface area contributed by atoms with Crippen molar-refractivity contribution < 1.29 is 14.3 Å². The Bertz CT molecular complexity index is 463. The van der Waals surface area contributed by atoms with E-state index < -0.39 is 6.10 Å². The second-order valence-corrected chi connectivity index (χ2v) is 6.06. The summed E-state index contributed by atoms with van der Waals surface area (Å²) in [5.41, 5.74) is 0. The van der Waals surface area contributed by atoms with Gasteiger partial charge in [0.2, 0.25) is 0 Å². The maximum Gasteiger partial charge on any atom is 0.347 e. The van der Waals surface area contributed by atoms with Gasteiger partial charge < -0.3 is 9.47 Å². The minimum atomic E-state index is -0.706. The summed E-state index contributed by atoms with van der Waals surface area (Å²) in [4.78, 5) is 11.9. The van der Waals surface area contributed by atoms with Crippen LogP contribution in [0.15, 0.2) is 18.2 Å². The number of ether oxygens (including phenoxy) is 2. The number of hydrogen-bond acceptors (Lipinski definition) is 3. The standard InChI is InChI=1S/C16H22Cl2O3/c1-4-5-6-11(2)10-20-16(19)12(3)21-15-8-7-13(17)9-14(15)18/h7-9,11-12H,4-6,10H2,1-3H3/t11?,12-/m1/s1. The van der Waals surface area contributed by atoms with Gasteiger partial charge in [0.25, 0.3) is 0 Å². The summed E-state index contributed by atoms with van der Waals surface area (Å²) in [6, 6.07) is 4.87. The molecule has 0 saturated carbocycles. The van der Waals surface area contributed by atoms with Crippen molar-refractivity contribution in [2.24, 2.45) is 5.92 Å². The van der Waals surface area contributed by atoms with Gasteiger partial charge >= 0.3 is 5.97 Å². The molecule has 0 aliphatic rings. The molecule has 0 saturated heterocycles. The number of rotatable bonds is 8. The Balaban J connectivity index is 2.43. The van der Waals surface area contributed by atoms with Crippen molar-refractivity contribution in [3.05, 3.63) is 28.2 Å². The molecule has 0 N–H and O–H groups in total. The number of carbonyl (C=O) groups excluding carboxylic acids is 1. The summed E-state index contributed by atoms with van der Waals surface area (Å²) in [7, 11) is 0. The van der Waals surface area contributed by atoms with Gasteiger partial charge in [0.15, 0.2) is 6.10 Å². The molecular weight excluding hydrogens is 311 g/mol. The van der Waals surface area contributed by atoms with E-state index in [0.717, 1.165) is 19.3 Å². The minimum absolute atomic E-state index is 0.361. The Morgan fingerprint density at radius 3 is 2.62 bits per heavy atom. The molecule has 2 atom stereocenters. The number of unbranched alkanes of at least 4 members (excludes halogenated alkanes) is 1. The van der Waals surface area contributed by atoms with E-state index in [2.05, 4.69) is 13.8 Å². The van der Waals surface area contributed by atoms with E-state index in [1.54, 1.807) is 25.1 Å². The molecule has 21 heavy (non-hydrogen) atoms. The topological polar surface area (TPSA) is 35.5 Å². The quantitative estimate of drug-likeness (QED) is 0.619. The van der Waals surface area contributed by atoms with Crippen molar-refractivity contribution >= 4 is 29.2 Å². The highest BCUT2D eigenvalue weighted by atomic mass is 35.5. The first-order valence-electron chi connectivity index (χ1n) is 7.22. The first-order valence-corrected chi connectivity index (χ1v) is 7.98. The van der Waals surface area contributed by atoms with Crippen molar-refractivity contribution in [2.75, 3.05) is 6.61 Å². The predicted molar refractivity (Wildman–Crippen MR) is 86.2 cm³/mol. The molecule has 5 heteroatoms. The van der Waals surface area contributed by atoms with E-state index in [1.165, 1.54) is 0 Å². The molecule has 0 fully saturated rings. The van der Waals surface area contributed by atoms with Crippen molar-refractivity contribution in [1.82, 2.24) is 0 Å². The van der Waals surface area contributed by atoms with Crippen LogP contribution in [-0.4, -0.2) is 18.7 Å². The van der Waals surface area contributed by atoms with Gasteiger partial charge in [-0.2, -0.15) is 0 Å². The largest absolute Gasteiger partial charge is 0.477 e. The maximum atomic E-state index is 11.9. The van der Waals surface area contributed by atoms with Crippen molar-refractivity contribution in [3.8, 4) is 5.75 Å². The second kappa shape index (κ2) is 9.16. The van der Waals surface area contributed by atoms with Crippen LogP contribution in [0.5, 0.6) is 5.75 Å². The molecule has 1 aromatic carbocycles. The average molecular weight is 333 g/mol. The molecule has 0 spiro atoms. The lowest BCUT2D eigenvalue weighted by molar-refractivity contribution is -0.152. The first kappa shape index (κ1) is 18.1. The van der Waals surface area contributed by atoms with Gasteiger partial charge in [-0.1, -0.05) is 49.9 Å². The predicted octanol–water partition coefficient (Wildman–Crippen LogP) is 5.13. The summed E-state index contributed by atoms with van der Waals surface area (Å²) < 4.78 is 10.8. The van der Waals surface area contributed by atoms with Crippen LogP contribution in [0, 0.1) is 5.92 Å². The zero-order valence-electron chi connectivity index (χ0n) is 12.7. The summed E-state index contributed by atoms with van der Waals surface area (Å²) in [5.74, 6) is 0.397. The molecule has 0 aromatic heterocycles. The number of carbonyl (C=O) groups is 1. The lowest BCUT2D eigenvalue weighted by Gasteiger charge is -2.17. The Morgan fingerprint density at radius 2 is 2.00 bits per heavy atom. The Hall–Kier alpha value is -0.930. The van der Waals surface area contributed by atoms with Crippen molar-refractivity contribution in [2.45, 2.75) is 46.1 Å². The highest BCUT2D eigenvalue weighted by Gasteiger charge is 2.18. The maximum absolute atomic E-state index is 11.9. The van der Waals surface area contributed by atoms with E-state index in [-0.39, 0.29) is 5.97 Å². The SMILES string of the molecule is CCCCC(C)COC(=O)[C@@H](C)Oc1ccc(Cl)cc1Cl. The normalized spacial score (nSPS) is 13.6. The fourth-order valence-corrected chi connectivity index (χ4v) is 2.24. The fourth-order valence-electron chi connectivity index (χ4n) is 1.79. The Labute approximate surface area is 136 Å². The van der Waals surface area contributed by atoms with E-state index >= 15 is 0 Å². The molecule has 0 heterocycles. The van der Waals surface area contributed by atoms with Crippen LogP contribution in [0.2, 0.25) is 10.0 Å². The van der Waals surface area contributed by atoms with Gasteiger partial charge in [-0.25, -0.2) is 4.79 Å². The Morgan fingerprint density at radius 1 is 1.29 bits per heavy atom. The third-order valence-corrected chi connectivity index (χ3v) is 3.62. The number of hydrogen-bond donors (Lipinski definition) is 0. The van der Waals surface area contributed by atoms with Gasteiger partial charge in [-0.05, 0) is 37.5 Å². The van der Waals surface area contributed by atoms with Crippen LogP contribution in [0.25, 0.3) is 0 Å². The third kappa shape index (κ3) is 6.58. The summed E-state index contributed by atoms with van der Waals surface area (Å²) >= 11 is 11.8. The monoisotopic (exact) mass is 332 g/mol. The van der Waals surface area contributed by atoms with Gasteiger partial charge in [0, 0.05) is 5.02 Å². The van der Waals surface area contributed by atoms with E-state index in [1.807, 2.05) is 0 Å². The fraction of sp³-hybridized carbons (Fsp3) is 0.562. The van der Waals surface area contributed by atoms with Gasteiger partial charge in [-0.15, -0.1) is 0 Å².